The molecule has 0 fully saturated rings. The Morgan fingerprint density at radius 3 is 0.878 bits per heavy atom. The largest absolute Gasteiger partial charge is 0.462 e. The molecule has 6 nitrogen and oxygen atoms in total. The highest BCUT2D eigenvalue weighted by atomic mass is 16.6. The maximum Gasteiger partial charge on any atom is 0.306 e. The maximum atomic E-state index is 12.8. The van der Waals surface area contributed by atoms with Gasteiger partial charge in [0.15, 0.2) is 6.10 Å². The molecule has 0 saturated carbocycles. The highest BCUT2D eigenvalue weighted by Crippen LogP contribution is 2.16. The fraction of sp³-hybridized carbons (Fsp3) is 0.721. The third-order valence-electron chi connectivity index (χ3n) is 13.3. The average molecular weight is 1030 g/mol. The zero-order chi connectivity index (χ0) is 53.6. The van der Waals surface area contributed by atoms with Crippen molar-refractivity contribution in [3.05, 3.63) is 97.2 Å². The van der Waals surface area contributed by atoms with Crippen molar-refractivity contribution in [1.82, 2.24) is 0 Å². The molecule has 74 heavy (non-hydrogen) atoms. The minimum atomic E-state index is -0.798. The van der Waals surface area contributed by atoms with Crippen LogP contribution in [-0.4, -0.2) is 37.2 Å². The smallest absolute Gasteiger partial charge is 0.306 e. The molecule has 0 heterocycles. The lowest BCUT2D eigenvalue weighted by Crippen LogP contribution is -2.30. The van der Waals surface area contributed by atoms with Crippen LogP contribution >= 0.6 is 0 Å². The first-order valence-electron chi connectivity index (χ1n) is 31.2. The first-order valence-corrected chi connectivity index (χ1v) is 31.2. The third-order valence-corrected chi connectivity index (χ3v) is 13.3. The normalized spacial score (nSPS) is 12.7. The molecule has 0 aliphatic carbocycles. The van der Waals surface area contributed by atoms with Crippen molar-refractivity contribution in [3.63, 3.8) is 0 Å². The Labute approximate surface area is 457 Å². The van der Waals surface area contributed by atoms with Gasteiger partial charge in [0, 0.05) is 19.3 Å². The van der Waals surface area contributed by atoms with Crippen LogP contribution in [0.3, 0.4) is 0 Å². The summed E-state index contributed by atoms with van der Waals surface area (Å²) >= 11 is 0. The van der Waals surface area contributed by atoms with Crippen molar-refractivity contribution >= 4 is 17.9 Å². The van der Waals surface area contributed by atoms with Gasteiger partial charge in [-0.15, -0.1) is 0 Å². The number of unbranched alkanes of at least 4 members (excludes halogenated alkanes) is 29. The Bertz CT molecular complexity index is 1460. The summed E-state index contributed by atoms with van der Waals surface area (Å²) in [5, 5.41) is 0. The molecule has 0 aromatic rings. The first kappa shape index (κ1) is 70.3. The third kappa shape index (κ3) is 59.2. The van der Waals surface area contributed by atoms with E-state index in [1.807, 2.05) is 0 Å². The van der Waals surface area contributed by atoms with Crippen LogP contribution in [0.1, 0.15) is 297 Å². The molecule has 0 aliphatic heterocycles. The van der Waals surface area contributed by atoms with Gasteiger partial charge in [0.05, 0.1) is 0 Å². The van der Waals surface area contributed by atoms with E-state index in [2.05, 4.69) is 118 Å². The highest BCUT2D eigenvalue weighted by molar-refractivity contribution is 5.71. The SMILES string of the molecule is CC/C=C\C/C=C\C/C=C\CCCCCC(=O)OCC(COC(=O)CCCCCCCCCCCCCCCC/C=C\C/C=C\C/C=C\CCCCCCC)OC(=O)CCCCCCC/C=C\C/C=C\CCCC. The molecular formula is C68H116O6. The average Bonchev–Trinajstić information content (AvgIpc) is 3.40. The van der Waals surface area contributed by atoms with Crippen LogP contribution in [0, 0.1) is 0 Å². The fourth-order valence-electron chi connectivity index (χ4n) is 8.60. The standard InChI is InChI=1S/C68H116O6/c1-4-7-10-13-16-19-22-25-27-28-29-30-31-32-33-34-35-36-37-38-39-40-41-44-46-49-52-55-58-61-67(70)73-64-65(63-72-66(69)60-57-54-51-48-45-42-24-21-18-15-12-9-6-3)74-68(71)62-59-56-53-50-47-43-26-23-20-17-14-11-8-5-2/h9,12,14,17-18,21-23,25-26,28-29,31-32,42,45,65H,4-8,10-11,13,15-16,19-20,24,27,30,33-41,43-44,46-64H2,1-3H3/b12-9-,17-14-,21-18-,25-22-,26-23-,29-28-,32-31-,45-42-. The van der Waals surface area contributed by atoms with Crippen molar-refractivity contribution in [3.8, 4) is 0 Å². The van der Waals surface area contributed by atoms with Gasteiger partial charge < -0.3 is 14.2 Å². The lowest BCUT2D eigenvalue weighted by Gasteiger charge is -2.18. The number of hydrogen-bond donors (Lipinski definition) is 0. The van der Waals surface area contributed by atoms with E-state index in [-0.39, 0.29) is 31.1 Å². The Balaban J connectivity index is 4.24. The van der Waals surface area contributed by atoms with Gasteiger partial charge in [0.25, 0.3) is 0 Å². The van der Waals surface area contributed by atoms with E-state index in [1.165, 1.54) is 135 Å². The first-order chi connectivity index (χ1) is 36.5. The molecule has 1 unspecified atom stereocenters. The maximum absolute atomic E-state index is 12.8. The Morgan fingerprint density at radius 2 is 0.541 bits per heavy atom. The topological polar surface area (TPSA) is 78.9 Å². The second-order valence-corrected chi connectivity index (χ2v) is 20.6. The van der Waals surface area contributed by atoms with E-state index in [4.69, 9.17) is 14.2 Å². The van der Waals surface area contributed by atoms with Gasteiger partial charge in [-0.1, -0.05) is 259 Å². The van der Waals surface area contributed by atoms with Gasteiger partial charge in [0.1, 0.15) is 13.2 Å². The predicted molar refractivity (Wildman–Crippen MR) is 320 cm³/mol. The summed E-state index contributed by atoms with van der Waals surface area (Å²) in [6.07, 6.45) is 82.8. The lowest BCUT2D eigenvalue weighted by atomic mass is 10.0. The fourth-order valence-corrected chi connectivity index (χ4v) is 8.60. The van der Waals surface area contributed by atoms with Gasteiger partial charge >= 0.3 is 17.9 Å². The Kier molecular flexibility index (Phi) is 58.8. The molecule has 6 heteroatoms. The molecule has 0 rings (SSSR count). The minimum absolute atomic E-state index is 0.0925. The summed E-state index contributed by atoms with van der Waals surface area (Å²) < 4.78 is 16.8. The summed E-state index contributed by atoms with van der Waals surface area (Å²) in [6, 6.07) is 0. The van der Waals surface area contributed by atoms with Crippen molar-refractivity contribution in [1.29, 1.82) is 0 Å². The van der Waals surface area contributed by atoms with Crippen molar-refractivity contribution in [2.45, 2.75) is 303 Å². The van der Waals surface area contributed by atoms with Crippen molar-refractivity contribution in [2.75, 3.05) is 13.2 Å². The van der Waals surface area contributed by atoms with Crippen LogP contribution in [0.5, 0.6) is 0 Å². The molecular weight excluding hydrogens is 913 g/mol. The molecule has 0 radical (unpaired) electrons. The molecule has 0 aromatic carbocycles. The monoisotopic (exact) mass is 1030 g/mol. The summed E-state index contributed by atoms with van der Waals surface area (Å²) in [5.74, 6) is -0.933. The second-order valence-electron chi connectivity index (χ2n) is 20.6. The number of carbonyl (C=O) groups excluding carboxylic acids is 3. The molecule has 0 bridgehead atoms. The Hall–Kier alpha value is -3.67. The van der Waals surface area contributed by atoms with Gasteiger partial charge in [-0.2, -0.15) is 0 Å². The molecule has 0 N–H and O–H groups in total. The van der Waals surface area contributed by atoms with Gasteiger partial charge in [-0.05, 0) is 116 Å². The summed E-state index contributed by atoms with van der Waals surface area (Å²) in [4.78, 5) is 38.2. The van der Waals surface area contributed by atoms with E-state index < -0.39 is 6.10 Å². The lowest BCUT2D eigenvalue weighted by molar-refractivity contribution is -0.167. The summed E-state index contributed by atoms with van der Waals surface area (Å²) in [5.41, 5.74) is 0. The molecule has 0 spiro atoms. The van der Waals surface area contributed by atoms with E-state index >= 15 is 0 Å². The molecule has 0 saturated heterocycles. The predicted octanol–water partition coefficient (Wildman–Crippen LogP) is 21.3. The second kappa shape index (κ2) is 61.9. The number of rotatable bonds is 56. The number of allylic oxidation sites excluding steroid dienone is 16. The van der Waals surface area contributed by atoms with E-state index in [0.29, 0.717) is 19.3 Å². The van der Waals surface area contributed by atoms with Crippen molar-refractivity contribution < 1.29 is 28.6 Å². The van der Waals surface area contributed by atoms with Crippen LogP contribution in [0.4, 0.5) is 0 Å². The summed E-state index contributed by atoms with van der Waals surface area (Å²) in [6.45, 7) is 6.45. The molecule has 0 amide bonds. The summed E-state index contributed by atoms with van der Waals surface area (Å²) in [7, 11) is 0. The molecule has 424 valence electrons. The molecule has 1 atom stereocenters. The molecule has 0 aliphatic rings. The van der Waals surface area contributed by atoms with Crippen LogP contribution in [0.2, 0.25) is 0 Å². The number of ether oxygens (including phenoxy) is 3. The van der Waals surface area contributed by atoms with Crippen LogP contribution < -0.4 is 0 Å². The van der Waals surface area contributed by atoms with Gasteiger partial charge in [0.2, 0.25) is 0 Å². The van der Waals surface area contributed by atoms with Crippen LogP contribution in [0.15, 0.2) is 97.2 Å². The zero-order valence-electron chi connectivity index (χ0n) is 48.6. The molecule has 0 aromatic heterocycles. The van der Waals surface area contributed by atoms with E-state index in [9.17, 15) is 14.4 Å². The highest BCUT2D eigenvalue weighted by Gasteiger charge is 2.19. The van der Waals surface area contributed by atoms with Gasteiger partial charge in [-0.25, -0.2) is 0 Å². The van der Waals surface area contributed by atoms with E-state index in [0.717, 1.165) is 122 Å². The minimum Gasteiger partial charge on any atom is -0.462 e. The van der Waals surface area contributed by atoms with Gasteiger partial charge in [-0.3, -0.25) is 14.4 Å². The Morgan fingerprint density at radius 1 is 0.284 bits per heavy atom. The zero-order valence-corrected chi connectivity index (χ0v) is 48.6. The number of esters is 3. The van der Waals surface area contributed by atoms with Crippen LogP contribution in [-0.2, 0) is 28.6 Å². The van der Waals surface area contributed by atoms with Crippen molar-refractivity contribution in [2.24, 2.45) is 0 Å². The van der Waals surface area contributed by atoms with Crippen LogP contribution in [0.25, 0.3) is 0 Å². The quantitative estimate of drug-likeness (QED) is 0.0261. The van der Waals surface area contributed by atoms with E-state index in [1.54, 1.807) is 0 Å². The number of hydrogen-bond acceptors (Lipinski definition) is 6. The number of carbonyl (C=O) groups is 3.